The van der Waals surface area contributed by atoms with Crippen LogP contribution in [-0.4, -0.2) is 5.11 Å². The zero-order valence-corrected chi connectivity index (χ0v) is 13.2. The van der Waals surface area contributed by atoms with Gasteiger partial charge in [-0.05, 0) is 53.6 Å². The Morgan fingerprint density at radius 1 is 1.17 bits per heavy atom. The van der Waals surface area contributed by atoms with Gasteiger partial charge in [-0.2, -0.15) is 0 Å². The number of aliphatic hydroxyl groups excluding tert-OH is 1. The average molecular weight is 317 g/mol. The number of nitrogens with one attached hydrogen (secondary N) is 1. The minimum absolute atomic E-state index is 0.0806. The van der Waals surface area contributed by atoms with E-state index < -0.39 is 5.82 Å². The topological polar surface area (TPSA) is 32.3 Å². The highest BCUT2D eigenvalue weighted by atomic mass is 19.1. The third-order valence-electron chi connectivity index (χ3n) is 4.72. The van der Waals surface area contributed by atoms with Crippen molar-refractivity contribution in [3.63, 3.8) is 0 Å². The first-order valence-corrected chi connectivity index (χ1v) is 7.99. The van der Waals surface area contributed by atoms with Crippen LogP contribution in [0.15, 0.2) is 36.4 Å². The summed E-state index contributed by atoms with van der Waals surface area (Å²) in [5.41, 5.74) is 3.03. The molecule has 1 aliphatic rings. The van der Waals surface area contributed by atoms with Crippen molar-refractivity contribution in [1.82, 2.24) is 5.32 Å². The molecule has 23 heavy (non-hydrogen) atoms. The van der Waals surface area contributed by atoms with Crippen LogP contribution in [0.25, 0.3) is 0 Å². The average Bonchev–Trinajstić information content (AvgIpc) is 2.55. The summed E-state index contributed by atoms with van der Waals surface area (Å²) in [5.74, 6) is -0.123. The molecule has 0 saturated heterocycles. The Hall–Kier alpha value is -1.78. The Morgan fingerprint density at radius 2 is 2.00 bits per heavy atom. The van der Waals surface area contributed by atoms with Gasteiger partial charge in [-0.1, -0.05) is 25.1 Å². The van der Waals surface area contributed by atoms with E-state index in [9.17, 15) is 8.78 Å². The standard InChI is InChI=1S/C19H21F2NO/c1-12-5-7-15-16(3-2-4-18(15)21)19(12)22-10-13-6-8-17(20)14(9-13)11-23/h2-4,6,8-9,12,19,22-23H,5,7,10-11H2,1H3. The fraction of sp³-hybridized carbons (Fsp3) is 0.368. The molecule has 0 amide bonds. The van der Waals surface area contributed by atoms with Gasteiger partial charge < -0.3 is 10.4 Å². The number of benzene rings is 2. The Bertz CT molecular complexity index is 702. The molecule has 2 unspecified atom stereocenters. The third kappa shape index (κ3) is 3.28. The summed E-state index contributed by atoms with van der Waals surface area (Å²) >= 11 is 0. The molecule has 2 nitrogen and oxygen atoms in total. The molecule has 0 bridgehead atoms. The minimum Gasteiger partial charge on any atom is -0.392 e. The van der Waals surface area contributed by atoms with Crippen LogP contribution in [0.4, 0.5) is 8.78 Å². The van der Waals surface area contributed by atoms with E-state index in [1.807, 2.05) is 6.07 Å². The lowest BCUT2D eigenvalue weighted by Gasteiger charge is -2.32. The number of hydrogen-bond donors (Lipinski definition) is 2. The number of hydrogen-bond acceptors (Lipinski definition) is 2. The molecular weight excluding hydrogens is 296 g/mol. The predicted octanol–water partition coefficient (Wildman–Crippen LogP) is 3.87. The Kier molecular flexibility index (Phi) is 4.74. The van der Waals surface area contributed by atoms with Crippen molar-refractivity contribution in [2.75, 3.05) is 0 Å². The Morgan fingerprint density at radius 3 is 2.78 bits per heavy atom. The molecule has 4 heteroatoms. The summed E-state index contributed by atoms with van der Waals surface area (Å²) in [6.45, 7) is 2.40. The second-order valence-corrected chi connectivity index (χ2v) is 6.27. The first-order valence-electron chi connectivity index (χ1n) is 7.99. The minimum atomic E-state index is -0.394. The molecule has 2 atom stereocenters. The van der Waals surface area contributed by atoms with Crippen LogP contribution in [-0.2, 0) is 19.6 Å². The first kappa shape index (κ1) is 16.1. The zero-order valence-electron chi connectivity index (χ0n) is 13.2. The highest BCUT2D eigenvalue weighted by Crippen LogP contribution is 2.35. The molecule has 0 aromatic heterocycles. The molecular formula is C19H21F2NO. The molecule has 0 radical (unpaired) electrons. The van der Waals surface area contributed by atoms with E-state index in [1.165, 1.54) is 12.1 Å². The molecule has 2 N–H and O–H groups in total. The van der Waals surface area contributed by atoms with Crippen LogP contribution >= 0.6 is 0 Å². The van der Waals surface area contributed by atoms with Gasteiger partial charge in [0.15, 0.2) is 0 Å². The van der Waals surface area contributed by atoms with Crippen molar-refractivity contribution < 1.29 is 13.9 Å². The Balaban J connectivity index is 1.79. The van der Waals surface area contributed by atoms with Gasteiger partial charge in [0.05, 0.1) is 6.61 Å². The van der Waals surface area contributed by atoms with E-state index in [-0.39, 0.29) is 18.5 Å². The van der Waals surface area contributed by atoms with Gasteiger partial charge >= 0.3 is 0 Å². The quantitative estimate of drug-likeness (QED) is 0.897. The molecule has 0 spiro atoms. The van der Waals surface area contributed by atoms with Gasteiger partial charge in [-0.3, -0.25) is 0 Å². The number of halogens is 2. The van der Waals surface area contributed by atoms with E-state index >= 15 is 0 Å². The maximum Gasteiger partial charge on any atom is 0.128 e. The van der Waals surface area contributed by atoms with Crippen LogP contribution in [0.1, 0.15) is 41.6 Å². The molecule has 122 valence electrons. The van der Waals surface area contributed by atoms with Crippen LogP contribution in [0, 0.1) is 17.6 Å². The van der Waals surface area contributed by atoms with E-state index in [4.69, 9.17) is 5.11 Å². The molecule has 3 rings (SSSR count). The van der Waals surface area contributed by atoms with Crippen molar-refractivity contribution in [2.45, 2.75) is 39.0 Å². The predicted molar refractivity (Wildman–Crippen MR) is 85.8 cm³/mol. The molecule has 0 heterocycles. The van der Waals surface area contributed by atoms with Crippen molar-refractivity contribution in [1.29, 1.82) is 0 Å². The van der Waals surface area contributed by atoms with Gasteiger partial charge in [0.25, 0.3) is 0 Å². The van der Waals surface area contributed by atoms with E-state index in [1.54, 1.807) is 18.2 Å². The second kappa shape index (κ2) is 6.77. The summed E-state index contributed by atoms with van der Waals surface area (Å²) in [6.07, 6.45) is 1.71. The van der Waals surface area contributed by atoms with Crippen LogP contribution in [0.5, 0.6) is 0 Å². The van der Waals surface area contributed by atoms with E-state index in [2.05, 4.69) is 12.2 Å². The van der Waals surface area contributed by atoms with Crippen LogP contribution in [0.3, 0.4) is 0 Å². The first-order chi connectivity index (χ1) is 11.1. The summed E-state index contributed by atoms with van der Waals surface area (Å²) in [6, 6.07) is 10.1. The molecule has 0 fully saturated rings. The lowest BCUT2D eigenvalue weighted by molar-refractivity contribution is 0.275. The number of fused-ring (bicyclic) bond motifs is 1. The lowest BCUT2D eigenvalue weighted by atomic mass is 9.80. The monoisotopic (exact) mass is 317 g/mol. The van der Waals surface area contributed by atoms with Gasteiger partial charge in [0, 0.05) is 18.2 Å². The second-order valence-electron chi connectivity index (χ2n) is 6.27. The summed E-state index contributed by atoms with van der Waals surface area (Å²) < 4.78 is 27.4. The summed E-state index contributed by atoms with van der Waals surface area (Å²) in [7, 11) is 0. The maximum atomic E-state index is 14.0. The lowest BCUT2D eigenvalue weighted by Crippen LogP contribution is -2.31. The van der Waals surface area contributed by atoms with Gasteiger partial charge in [-0.15, -0.1) is 0 Å². The van der Waals surface area contributed by atoms with E-state index in [0.29, 0.717) is 18.0 Å². The zero-order chi connectivity index (χ0) is 16.4. The van der Waals surface area contributed by atoms with Gasteiger partial charge in [0.1, 0.15) is 11.6 Å². The van der Waals surface area contributed by atoms with Crippen molar-refractivity contribution >= 4 is 0 Å². The summed E-state index contributed by atoms with van der Waals surface area (Å²) in [5, 5.41) is 12.6. The summed E-state index contributed by atoms with van der Waals surface area (Å²) in [4.78, 5) is 0. The van der Waals surface area contributed by atoms with Crippen molar-refractivity contribution in [3.8, 4) is 0 Å². The Labute approximate surface area is 135 Å². The SMILES string of the molecule is CC1CCc2c(F)cccc2C1NCc1ccc(F)c(CO)c1. The van der Waals surface area contributed by atoms with Crippen molar-refractivity contribution in [2.24, 2.45) is 5.92 Å². The molecule has 0 saturated carbocycles. The van der Waals surface area contributed by atoms with Crippen molar-refractivity contribution in [3.05, 3.63) is 70.3 Å². The molecule has 2 aromatic rings. The van der Waals surface area contributed by atoms with Gasteiger partial charge in [0.2, 0.25) is 0 Å². The highest BCUT2D eigenvalue weighted by molar-refractivity contribution is 5.34. The van der Waals surface area contributed by atoms with Crippen LogP contribution < -0.4 is 5.32 Å². The normalized spacial score (nSPS) is 20.3. The smallest absolute Gasteiger partial charge is 0.128 e. The molecule has 2 aromatic carbocycles. The fourth-order valence-electron chi connectivity index (χ4n) is 3.37. The third-order valence-corrected chi connectivity index (χ3v) is 4.72. The number of rotatable bonds is 4. The number of aliphatic hydroxyl groups is 1. The maximum absolute atomic E-state index is 14.0. The molecule has 0 aliphatic heterocycles. The van der Waals surface area contributed by atoms with Crippen LogP contribution in [0.2, 0.25) is 0 Å². The van der Waals surface area contributed by atoms with Gasteiger partial charge in [-0.25, -0.2) is 8.78 Å². The largest absolute Gasteiger partial charge is 0.392 e. The van der Waals surface area contributed by atoms with E-state index in [0.717, 1.165) is 29.5 Å². The fourth-order valence-corrected chi connectivity index (χ4v) is 3.37. The highest BCUT2D eigenvalue weighted by Gasteiger charge is 2.27. The molecule has 1 aliphatic carbocycles.